The van der Waals surface area contributed by atoms with E-state index in [0.29, 0.717) is 37.4 Å². The van der Waals surface area contributed by atoms with Crippen molar-refractivity contribution in [3.05, 3.63) is 59.9 Å². The number of nitrogens with one attached hydrogen (secondary N) is 2. The second kappa shape index (κ2) is 8.51. The van der Waals surface area contributed by atoms with Crippen LogP contribution in [0.15, 0.2) is 48.5 Å². The molecule has 7 heteroatoms. The molecular weight excluding hydrogens is 371 g/mol. The van der Waals surface area contributed by atoms with Crippen LogP contribution < -0.4 is 15.5 Å². The van der Waals surface area contributed by atoms with Crippen LogP contribution in [0.4, 0.5) is 20.6 Å². The smallest absolute Gasteiger partial charge is 0.321 e. The predicted octanol–water partition coefficient (Wildman–Crippen LogP) is 3.71. The van der Waals surface area contributed by atoms with E-state index < -0.39 is 0 Å². The molecule has 0 aliphatic carbocycles. The van der Waals surface area contributed by atoms with Crippen molar-refractivity contribution in [2.45, 2.75) is 26.3 Å². The summed E-state index contributed by atoms with van der Waals surface area (Å²) in [7, 11) is 0. The zero-order valence-electron chi connectivity index (χ0n) is 17.0. The van der Waals surface area contributed by atoms with Gasteiger partial charge in [0.25, 0.3) is 5.91 Å². The largest absolute Gasteiger partial charge is 0.368 e. The van der Waals surface area contributed by atoms with Crippen molar-refractivity contribution >= 4 is 23.3 Å². The average molecular weight is 398 g/mol. The number of amides is 3. The van der Waals surface area contributed by atoms with Gasteiger partial charge in [-0.3, -0.25) is 4.79 Å². The van der Waals surface area contributed by atoms with Gasteiger partial charge in [-0.05, 0) is 63.2 Å². The number of anilines is 2. The minimum Gasteiger partial charge on any atom is -0.368 e. The summed E-state index contributed by atoms with van der Waals surface area (Å²) in [6.07, 6.45) is 0. The lowest BCUT2D eigenvalue weighted by Gasteiger charge is -2.36. The maximum Gasteiger partial charge on any atom is 0.321 e. The fraction of sp³-hybridized carbons (Fsp3) is 0.364. The molecule has 2 aromatic rings. The Labute approximate surface area is 170 Å². The Hall–Kier alpha value is -3.09. The van der Waals surface area contributed by atoms with Gasteiger partial charge in [0.05, 0.1) is 0 Å². The van der Waals surface area contributed by atoms with Crippen LogP contribution in [0.2, 0.25) is 0 Å². The van der Waals surface area contributed by atoms with E-state index in [4.69, 9.17) is 0 Å². The summed E-state index contributed by atoms with van der Waals surface area (Å²) < 4.78 is 13.1. The Morgan fingerprint density at radius 1 is 0.966 bits per heavy atom. The lowest BCUT2D eigenvalue weighted by Crippen LogP contribution is -2.50. The SMILES string of the molecule is CC(C)(C)NC(=O)c1cccc(NC(=O)N2CCN(c3ccc(F)cc3)CC2)c1. The Bertz CT molecular complexity index is 869. The van der Waals surface area contributed by atoms with E-state index in [-0.39, 0.29) is 23.3 Å². The van der Waals surface area contributed by atoms with Gasteiger partial charge in [-0.2, -0.15) is 0 Å². The lowest BCUT2D eigenvalue weighted by atomic mass is 10.1. The van der Waals surface area contributed by atoms with E-state index in [9.17, 15) is 14.0 Å². The fourth-order valence-electron chi connectivity index (χ4n) is 3.17. The van der Waals surface area contributed by atoms with Crippen LogP contribution in [-0.4, -0.2) is 48.6 Å². The maximum absolute atomic E-state index is 13.1. The highest BCUT2D eigenvalue weighted by atomic mass is 19.1. The molecule has 154 valence electrons. The summed E-state index contributed by atoms with van der Waals surface area (Å²) >= 11 is 0. The third-order valence-corrected chi connectivity index (χ3v) is 4.62. The Morgan fingerprint density at radius 2 is 1.62 bits per heavy atom. The second-order valence-corrected chi connectivity index (χ2v) is 8.17. The standard InChI is InChI=1S/C22H27FN4O2/c1-22(2,3)25-20(28)16-5-4-6-18(15-16)24-21(29)27-13-11-26(12-14-27)19-9-7-17(23)8-10-19/h4-10,15H,11-14H2,1-3H3,(H,24,29)(H,25,28). The zero-order chi connectivity index (χ0) is 21.0. The summed E-state index contributed by atoms with van der Waals surface area (Å²) in [6, 6.07) is 13.1. The first kappa shape index (κ1) is 20.6. The predicted molar refractivity (Wildman–Crippen MR) is 113 cm³/mol. The molecule has 0 aromatic heterocycles. The number of urea groups is 1. The number of carbonyl (C=O) groups excluding carboxylic acids is 2. The first-order valence-electron chi connectivity index (χ1n) is 9.70. The van der Waals surface area contributed by atoms with E-state index in [1.165, 1.54) is 12.1 Å². The lowest BCUT2D eigenvalue weighted by molar-refractivity contribution is 0.0919. The number of nitrogens with zero attached hydrogens (tertiary/aromatic N) is 2. The van der Waals surface area contributed by atoms with Crippen molar-refractivity contribution in [2.24, 2.45) is 0 Å². The molecule has 1 fully saturated rings. The molecule has 6 nitrogen and oxygen atoms in total. The number of benzene rings is 2. The highest BCUT2D eigenvalue weighted by Crippen LogP contribution is 2.18. The van der Waals surface area contributed by atoms with Crippen LogP contribution in [0.1, 0.15) is 31.1 Å². The number of carbonyl (C=O) groups is 2. The topological polar surface area (TPSA) is 64.7 Å². The second-order valence-electron chi connectivity index (χ2n) is 8.17. The van der Waals surface area contributed by atoms with Crippen LogP contribution in [-0.2, 0) is 0 Å². The highest BCUT2D eigenvalue weighted by molar-refractivity contribution is 5.97. The Morgan fingerprint density at radius 3 is 2.24 bits per heavy atom. The van der Waals surface area contributed by atoms with Gasteiger partial charge >= 0.3 is 6.03 Å². The van der Waals surface area contributed by atoms with Gasteiger partial charge in [0, 0.05) is 48.7 Å². The number of hydrogen-bond acceptors (Lipinski definition) is 3. The first-order valence-corrected chi connectivity index (χ1v) is 9.70. The van der Waals surface area contributed by atoms with E-state index in [2.05, 4.69) is 15.5 Å². The maximum atomic E-state index is 13.1. The molecule has 3 rings (SSSR count). The van der Waals surface area contributed by atoms with Crippen molar-refractivity contribution < 1.29 is 14.0 Å². The molecule has 1 aliphatic heterocycles. The van der Waals surface area contributed by atoms with Gasteiger partial charge in [-0.15, -0.1) is 0 Å². The third-order valence-electron chi connectivity index (χ3n) is 4.62. The van der Waals surface area contributed by atoms with Crippen LogP contribution >= 0.6 is 0 Å². The van der Waals surface area contributed by atoms with E-state index in [1.54, 1.807) is 41.3 Å². The zero-order valence-corrected chi connectivity index (χ0v) is 17.0. The van der Waals surface area contributed by atoms with Crippen LogP contribution in [0.5, 0.6) is 0 Å². The van der Waals surface area contributed by atoms with Gasteiger partial charge in [0.2, 0.25) is 0 Å². The minimum atomic E-state index is -0.333. The van der Waals surface area contributed by atoms with Crippen molar-refractivity contribution in [3.63, 3.8) is 0 Å². The first-order chi connectivity index (χ1) is 13.7. The number of piperazine rings is 1. The van der Waals surface area contributed by atoms with Crippen LogP contribution in [0, 0.1) is 5.82 Å². The summed E-state index contributed by atoms with van der Waals surface area (Å²) in [5, 5.41) is 5.78. The van der Waals surface area contributed by atoms with Crippen LogP contribution in [0.3, 0.4) is 0 Å². The fourth-order valence-corrected chi connectivity index (χ4v) is 3.17. The molecule has 0 bridgehead atoms. The quantitative estimate of drug-likeness (QED) is 0.829. The van der Waals surface area contributed by atoms with Gasteiger partial charge in [0.1, 0.15) is 5.82 Å². The molecular formula is C22H27FN4O2. The van der Waals surface area contributed by atoms with Gasteiger partial charge in [-0.1, -0.05) is 6.07 Å². The molecule has 2 aromatic carbocycles. The number of hydrogen-bond donors (Lipinski definition) is 2. The molecule has 0 spiro atoms. The molecule has 2 N–H and O–H groups in total. The molecule has 0 radical (unpaired) electrons. The monoisotopic (exact) mass is 398 g/mol. The molecule has 1 saturated heterocycles. The average Bonchev–Trinajstić information content (AvgIpc) is 2.67. The highest BCUT2D eigenvalue weighted by Gasteiger charge is 2.22. The van der Waals surface area contributed by atoms with Gasteiger partial charge < -0.3 is 20.4 Å². The van der Waals surface area contributed by atoms with E-state index >= 15 is 0 Å². The molecule has 0 saturated carbocycles. The van der Waals surface area contributed by atoms with E-state index in [1.807, 2.05) is 20.8 Å². The number of halogens is 1. The Kier molecular flexibility index (Phi) is 6.06. The van der Waals surface area contributed by atoms with Gasteiger partial charge in [0.15, 0.2) is 0 Å². The van der Waals surface area contributed by atoms with Crippen molar-refractivity contribution in [2.75, 3.05) is 36.4 Å². The molecule has 0 unspecified atom stereocenters. The normalized spacial score (nSPS) is 14.5. The summed E-state index contributed by atoms with van der Waals surface area (Å²) in [5.41, 5.74) is 1.70. The summed E-state index contributed by atoms with van der Waals surface area (Å²) in [4.78, 5) is 28.8. The van der Waals surface area contributed by atoms with Crippen molar-refractivity contribution in [3.8, 4) is 0 Å². The van der Waals surface area contributed by atoms with Crippen molar-refractivity contribution in [1.29, 1.82) is 0 Å². The number of rotatable bonds is 3. The Balaban J connectivity index is 1.56. The third kappa shape index (κ3) is 5.70. The molecule has 1 aliphatic rings. The molecule has 1 heterocycles. The molecule has 3 amide bonds. The molecule has 0 atom stereocenters. The minimum absolute atomic E-state index is 0.179. The van der Waals surface area contributed by atoms with E-state index in [0.717, 1.165) is 5.69 Å². The van der Waals surface area contributed by atoms with Crippen molar-refractivity contribution in [1.82, 2.24) is 10.2 Å². The van der Waals surface area contributed by atoms with Gasteiger partial charge in [-0.25, -0.2) is 9.18 Å². The summed E-state index contributed by atoms with van der Waals surface area (Å²) in [6.45, 7) is 8.23. The van der Waals surface area contributed by atoms with Crippen LogP contribution in [0.25, 0.3) is 0 Å². The summed E-state index contributed by atoms with van der Waals surface area (Å²) in [5.74, 6) is -0.438. The molecule has 29 heavy (non-hydrogen) atoms.